The molecule has 1 aromatic heterocycles. The van der Waals surface area contributed by atoms with Crippen LogP contribution >= 0.6 is 0 Å². The zero-order valence-corrected chi connectivity index (χ0v) is 17.5. The van der Waals surface area contributed by atoms with Crippen LogP contribution in [0.1, 0.15) is 0 Å². The Bertz CT molecular complexity index is 1510. The number of anilines is 2. The topological polar surface area (TPSA) is 27.8 Å². The summed E-state index contributed by atoms with van der Waals surface area (Å²) in [4.78, 5) is 3.61. The fraction of sp³-hybridized carbons (Fsp3) is 0. The Balaban J connectivity index is 1.30. The van der Waals surface area contributed by atoms with Crippen LogP contribution in [0.3, 0.4) is 0 Å². The zero-order chi connectivity index (χ0) is 21.3. The molecule has 0 radical (unpaired) electrons. The van der Waals surface area contributed by atoms with E-state index in [1.807, 2.05) is 18.2 Å². The van der Waals surface area contributed by atoms with Gasteiger partial charge in [-0.3, -0.25) is 0 Å². The smallest absolute Gasteiger partial charge is 0.0544 e. The van der Waals surface area contributed by atoms with Gasteiger partial charge in [0.25, 0.3) is 0 Å². The molecule has 0 spiro atoms. The normalized spacial score (nSPS) is 11.1. The van der Waals surface area contributed by atoms with E-state index in [9.17, 15) is 0 Å². The van der Waals surface area contributed by atoms with Crippen LogP contribution in [-0.4, -0.2) is 4.98 Å². The van der Waals surface area contributed by atoms with Crippen molar-refractivity contribution in [2.24, 2.45) is 0 Å². The number of aromatic nitrogens is 1. The number of hydrogen-bond acceptors (Lipinski definition) is 1. The molecule has 0 aliphatic carbocycles. The van der Waals surface area contributed by atoms with E-state index in [1.54, 1.807) is 0 Å². The van der Waals surface area contributed by atoms with E-state index < -0.39 is 0 Å². The van der Waals surface area contributed by atoms with Gasteiger partial charge >= 0.3 is 0 Å². The molecule has 2 nitrogen and oxygen atoms in total. The number of aromatic amines is 1. The van der Waals surface area contributed by atoms with E-state index >= 15 is 0 Å². The molecule has 5 aromatic carbocycles. The van der Waals surface area contributed by atoms with Crippen molar-refractivity contribution in [1.82, 2.24) is 4.98 Å². The standard InChI is InChI=1S/C30H22N2/c1-2-7-24(8-3-1)31-25-19-17-22(18-20-25)21-13-15-23(16-14-21)26-10-6-11-28-27-9-4-5-12-29(27)32-30(26)28/h1-20,31-32H. The molecule has 0 saturated carbocycles. The Morgan fingerprint density at radius 2 is 1.03 bits per heavy atom. The summed E-state index contributed by atoms with van der Waals surface area (Å²) < 4.78 is 0. The number of nitrogens with one attached hydrogen (secondary N) is 2. The van der Waals surface area contributed by atoms with E-state index in [1.165, 1.54) is 44.1 Å². The monoisotopic (exact) mass is 410 g/mol. The first-order valence-electron chi connectivity index (χ1n) is 10.9. The van der Waals surface area contributed by atoms with Crippen LogP contribution in [0.25, 0.3) is 44.1 Å². The molecular formula is C30H22N2. The number of benzene rings is 5. The van der Waals surface area contributed by atoms with Crippen molar-refractivity contribution in [1.29, 1.82) is 0 Å². The van der Waals surface area contributed by atoms with Gasteiger partial charge < -0.3 is 10.3 Å². The maximum Gasteiger partial charge on any atom is 0.0544 e. The number of para-hydroxylation sites is 3. The Kier molecular flexibility index (Phi) is 4.47. The van der Waals surface area contributed by atoms with Gasteiger partial charge in [0.2, 0.25) is 0 Å². The maximum absolute atomic E-state index is 3.61. The lowest BCUT2D eigenvalue weighted by molar-refractivity contribution is 1.53. The summed E-state index contributed by atoms with van der Waals surface area (Å²) in [5.41, 5.74) is 9.41. The van der Waals surface area contributed by atoms with Gasteiger partial charge in [0.1, 0.15) is 0 Å². The van der Waals surface area contributed by atoms with Gasteiger partial charge in [0, 0.05) is 33.2 Å². The van der Waals surface area contributed by atoms with Crippen molar-refractivity contribution in [3.8, 4) is 22.3 Å². The summed E-state index contributed by atoms with van der Waals surface area (Å²) in [7, 11) is 0. The molecule has 6 aromatic rings. The molecule has 152 valence electrons. The SMILES string of the molecule is c1ccc(Nc2ccc(-c3ccc(-c4cccc5c4[nH]c4ccccc45)cc3)cc2)cc1. The Morgan fingerprint density at radius 3 is 1.81 bits per heavy atom. The average molecular weight is 411 g/mol. The highest BCUT2D eigenvalue weighted by atomic mass is 14.9. The van der Waals surface area contributed by atoms with Crippen LogP contribution in [0.4, 0.5) is 11.4 Å². The highest BCUT2D eigenvalue weighted by molar-refractivity contribution is 6.11. The average Bonchev–Trinajstić information content (AvgIpc) is 3.24. The van der Waals surface area contributed by atoms with Gasteiger partial charge in [-0.25, -0.2) is 0 Å². The predicted octanol–water partition coefficient (Wildman–Crippen LogP) is 8.40. The van der Waals surface area contributed by atoms with Gasteiger partial charge in [0.05, 0.1) is 5.52 Å². The third kappa shape index (κ3) is 3.32. The summed E-state index contributed by atoms with van der Waals surface area (Å²) in [6.45, 7) is 0. The van der Waals surface area contributed by atoms with E-state index in [0.717, 1.165) is 11.4 Å². The maximum atomic E-state index is 3.61. The van der Waals surface area contributed by atoms with Gasteiger partial charge in [-0.1, -0.05) is 91.0 Å². The third-order valence-electron chi connectivity index (χ3n) is 6.02. The van der Waals surface area contributed by atoms with Crippen molar-refractivity contribution in [2.45, 2.75) is 0 Å². The van der Waals surface area contributed by atoms with Crippen molar-refractivity contribution in [3.63, 3.8) is 0 Å². The number of fused-ring (bicyclic) bond motifs is 3. The molecular weight excluding hydrogens is 388 g/mol. The molecule has 0 atom stereocenters. The second-order valence-electron chi connectivity index (χ2n) is 8.04. The summed E-state index contributed by atoms with van der Waals surface area (Å²) in [6.07, 6.45) is 0. The molecule has 0 fully saturated rings. The molecule has 2 heteroatoms. The molecule has 0 unspecified atom stereocenters. The van der Waals surface area contributed by atoms with Crippen LogP contribution in [0.15, 0.2) is 121 Å². The first kappa shape index (κ1) is 18.5. The van der Waals surface area contributed by atoms with Crippen LogP contribution in [-0.2, 0) is 0 Å². The molecule has 2 N–H and O–H groups in total. The van der Waals surface area contributed by atoms with Crippen LogP contribution < -0.4 is 5.32 Å². The minimum Gasteiger partial charge on any atom is -0.356 e. The largest absolute Gasteiger partial charge is 0.356 e. The van der Waals surface area contributed by atoms with Crippen LogP contribution in [0.2, 0.25) is 0 Å². The van der Waals surface area contributed by atoms with E-state index in [0.29, 0.717) is 0 Å². The van der Waals surface area contributed by atoms with Crippen LogP contribution in [0, 0.1) is 0 Å². The fourth-order valence-electron chi connectivity index (χ4n) is 4.39. The Hall–Kier alpha value is -4.30. The molecule has 1 heterocycles. The molecule has 0 aliphatic rings. The summed E-state index contributed by atoms with van der Waals surface area (Å²) in [6, 6.07) is 42.7. The zero-order valence-electron chi connectivity index (χ0n) is 17.5. The van der Waals surface area contributed by atoms with Crippen molar-refractivity contribution in [3.05, 3.63) is 121 Å². The summed E-state index contributed by atoms with van der Waals surface area (Å²) >= 11 is 0. The highest BCUT2D eigenvalue weighted by Gasteiger charge is 2.09. The number of hydrogen-bond donors (Lipinski definition) is 2. The third-order valence-corrected chi connectivity index (χ3v) is 6.02. The predicted molar refractivity (Wildman–Crippen MR) is 136 cm³/mol. The number of rotatable bonds is 4. The molecule has 0 bridgehead atoms. The lowest BCUT2D eigenvalue weighted by Crippen LogP contribution is -1.89. The first-order valence-corrected chi connectivity index (χ1v) is 10.9. The summed E-state index contributed by atoms with van der Waals surface area (Å²) in [5, 5.41) is 5.97. The molecule has 32 heavy (non-hydrogen) atoms. The first-order chi connectivity index (χ1) is 15.8. The van der Waals surface area contributed by atoms with Gasteiger partial charge in [-0.15, -0.1) is 0 Å². The van der Waals surface area contributed by atoms with Gasteiger partial charge in [-0.2, -0.15) is 0 Å². The van der Waals surface area contributed by atoms with Crippen LogP contribution in [0.5, 0.6) is 0 Å². The number of H-pyrrole nitrogens is 1. The summed E-state index contributed by atoms with van der Waals surface area (Å²) in [5.74, 6) is 0. The molecule has 0 amide bonds. The fourth-order valence-corrected chi connectivity index (χ4v) is 4.39. The molecule has 0 saturated heterocycles. The Labute approximate surface area is 187 Å². The second kappa shape index (κ2) is 7.75. The minimum atomic E-state index is 1.09. The second-order valence-corrected chi connectivity index (χ2v) is 8.04. The van der Waals surface area contributed by atoms with Crippen molar-refractivity contribution < 1.29 is 0 Å². The van der Waals surface area contributed by atoms with Gasteiger partial charge in [-0.05, 0) is 47.0 Å². The quantitative estimate of drug-likeness (QED) is 0.300. The molecule has 6 rings (SSSR count). The van der Waals surface area contributed by atoms with E-state index in [2.05, 4.69) is 113 Å². The van der Waals surface area contributed by atoms with E-state index in [4.69, 9.17) is 0 Å². The van der Waals surface area contributed by atoms with Crippen molar-refractivity contribution in [2.75, 3.05) is 5.32 Å². The van der Waals surface area contributed by atoms with E-state index in [-0.39, 0.29) is 0 Å². The lowest BCUT2D eigenvalue weighted by atomic mass is 9.98. The Morgan fingerprint density at radius 1 is 0.438 bits per heavy atom. The van der Waals surface area contributed by atoms with Crippen molar-refractivity contribution >= 4 is 33.2 Å². The molecule has 0 aliphatic heterocycles. The lowest BCUT2D eigenvalue weighted by Gasteiger charge is -2.09. The highest BCUT2D eigenvalue weighted by Crippen LogP contribution is 2.34. The minimum absolute atomic E-state index is 1.09. The van der Waals surface area contributed by atoms with Gasteiger partial charge in [0.15, 0.2) is 0 Å².